The van der Waals surface area contributed by atoms with Crippen molar-refractivity contribution >= 4 is 11.6 Å². The summed E-state index contributed by atoms with van der Waals surface area (Å²) in [5, 5.41) is 3.02. The lowest BCUT2D eigenvalue weighted by atomic mass is 10.0. The molecule has 1 aromatic heterocycles. The zero-order valence-electron chi connectivity index (χ0n) is 14.5. The second-order valence-corrected chi connectivity index (χ2v) is 5.99. The molecule has 0 spiro atoms. The van der Waals surface area contributed by atoms with Crippen molar-refractivity contribution in [2.45, 2.75) is 19.4 Å². The topological polar surface area (TPSA) is 43.3 Å². The highest BCUT2D eigenvalue weighted by Gasteiger charge is 2.18. The quantitative estimate of drug-likeness (QED) is 0.725. The van der Waals surface area contributed by atoms with Crippen molar-refractivity contribution in [1.82, 2.24) is 4.57 Å². The van der Waals surface area contributed by atoms with Crippen LogP contribution < -0.4 is 10.1 Å². The summed E-state index contributed by atoms with van der Waals surface area (Å²) in [6.45, 7) is 1.99. The van der Waals surface area contributed by atoms with Gasteiger partial charge in [0.05, 0.1) is 19.6 Å². The minimum atomic E-state index is -0.0888. The van der Waals surface area contributed by atoms with Crippen molar-refractivity contribution in [1.29, 1.82) is 0 Å². The number of aromatic nitrogens is 1. The number of aryl methyl sites for hydroxylation is 1. The van der Waals surface area contributed by atoms with E-state index in [1.165, 1.54) is 0 Å². The fraction of sp³-hybridized carbons (Fsp3) is 0.190. The number of para-hydroxylation sites is 1. The largest absolute Gasteiger partial charge is 0.497 e. The van der Waals surface area contributed by atoms with Crippen LogP contribution in [0.15, 0.2) is 73.1 Å². The van der Waals surface area contributed by atoms with Crippen LogP contribution in [0, 0.1) is 6.92 Å². The van der Waals surface area contributed by atoms with E-state index >= 15 is 0 Å². The first-order valence-electron chi connectivity index (χ1n) is 8.29. The standard InChI is InChI=1S/C21H22N2O2/c1-16-8-3-4-11-19(16)22-21(24)15-20(23-12-5-6-13-23)17-9-7-10-18(14-17)25-2/h3-14,20H,15H2,1-2H3,(H,22,24)/t20-/m1/s1. The summed E-state index contributed by atoms with van der Waals surface area (Å²) < 4.78 is 7.38. The van der Waals surface area contributed by atoms with Gasteiger partial charge < -0.3 is 14.6 Å². The number of nitrogens with zero attached hydrogens (tertiary/aromatic N) is 1. The molecule has 4 nitrogen and oxygen atoms in total. The maximum Gasteiger partial charge on any atom is 0.226 e. The van der Waals surface area contributed by atoms with Gasteiger partial charge in [0.1, 0.15) is 5.75 Å². The molecule has 0 aliphatic heterocycles. The Labute approximate surface area is 148 Å². The van der Waals surface area contributed by atoms with Crippen LogP contribution in [-0.4, -0.2) is 17.6 Å². The van der Waals surface area contributed by atoms with Crippen LogP contribution in [0.1, 0.15) is 23.6 Å². The van der Waals surface area contributed by atoms with Gasteiger partial charge in [-0.05, 0) is 48.4 Å². The van der Waals surface area contributed by atoms with Crippen LogP contribution in [0.5, 0.6) is 5.75 Å². The number of carbonyl (C=O) groups excluding carboxylic acids is 1. The maximum absolute atomic E-state index is 12.6. The molecule has 1 amide bonds. The number of hydrogen-bond acceptors (Lipinski definition) is 2. The normalized spacial score (nSPS) is 11.8. The van der Waals surface area contributed by atoms with E-state index in [4.69, 9.17) is 4.74 Å². The van der Waals surface area contributed by atoms with Crippen molar-refractivity contribution in [2.24, 2.45) is 0 Å². The van der Waals surface area contributed by atoms with Crippen molar-refractivity contribution in [3.8, 4) is 5.75 Å². The number of hydrogen-bond donors (Lipinski definition) is 1. The molecule has 0 saturated heterocycles. The van der Waals surface area contributed by atoms with E-state index in [0.29, 0.717) is 6.42 Å². The average molecular weight is 334 g/mol. The summed E-state index contributed by atoms with van der Waals surface area (Å²) in [5.41, 5.74) is 2.94. The molecule has 4 heteroatoms. The van der Waals surface area contributed by atoms with Gasteiger partial charge in [-0.2, -0.15) is 0 Å². The third-order valence-electron chi connectivity index (χ3n) is 4.26. The van der Waals surface area contributed by atoms with Crippen molar-refractivity contribution in [3.05, 3.63) is 84.2 Å². The molecule has 1 heterocycles. The van der Waals surface area contributed by atoms with Crippen LogP contribution in [0.2, 0.25) is 0 Å². The van der Waals surface area contributed by atoms with Crippen LogP contribution in [0.4, 0.5) is 5.69 Å². The molecule has 3 aromatic rings. The summed E-state index contributed by atoms with van der Waals surface area (Å²) >= 11 is 0. The lowest BCUT2D eigenvalue weighted by Crippen LogP contribution is -2.20. The molecular weight excluding hydrogens is 312 g/mol. The highest BCUT2D eigenvalue weighted by atomic mass is 16.5. The predicted octanol–water partition coefficient (Wildman–Crippen LogP) is 4.42. The van der Waals surface area contributed by atoms with Crippen LogP contribution in [0.25, 0.3) is 0 Å². The van der Waals surface area contributed by atoms with Gasteiger partial charge in [-0.3, -0.25) is 4.79 Å². The van der Waals surface area contributed by atoms with Gasteiger partial charge in [0, 0.05) is 18.1 Å². The van der Waals surface area contributed by atoms with E-state index in [1.807, 2.05) is 84.5 Å². The molecule has 0 aliphatic rings. The second-order valence-electron chi connectivity index (χ2n) is 5.99. The highest BCUT2D eigenvalue weighted by molar-refractivity contribution is 5.92. The van der Waals surface area contributed by atoms with E-state index in [9.17, 15) is 4.79 Å². The first-order valence-corrected chi connectivity index (χ1v) is 8.29. The van der Waals surface area contributed by atoms with Gasteiger partial charge in [0.25, 0.3) is 0 Å². The zero-order chi connectivity index (χ0) is 17.6. The Balaban J connectivity index is 1.83. The second kappa shape index (κ2) is 7.71. The van der Waals surface area contributed by atoms with E-state index in [-0.39, 0.29) is 11.9 Å². The predicted molar refractivity (Wildman–Crippen MR) is 100.0 cm³/mol. The third-order valence-corrected chi connectivity index (χ3v) is 4.26. The molecule has 0 unspecified atom stereocenters. The van der Waals surface area contributed by atoms with E-state index in [0.717, 1.165) is 22.6 Å². The Morgan fingerprint density at radius 1 is 1.08 bits per heavy atom. The van der Waals surface area contributed by atoms with Gasteiger partial charge in [-0.1, -0.05) is 30.3 Å². The van der Waals surface area contributed by atoms with Gasteiger partial charge in [-0.25, -0.2) is 0 Å². The molecule has 0 radical (unpaired) electrons. The number of amides is 1. The molecule has 1 N–H and O–H groups in total. The van der Waals surface area contributed by atoms with E-state index < -0.39 is 0 Å². The smallest absolute Gasteiger partial charge is 0.226 e. The Bertz CT molecular complexity index is 841. The van der Waals surface area contributed by atoms with E-state index in [1.54, 1.807) is 7.11 Å². The Kier molecular flexibility index (Phi) is 5.19. The molecule has 3 rings (SSSR count). The lowest BCUT2D eigenvalue weighted by molar-refractivity contribution is -0.116. The lowest BCUT2D eigenvalue weighted by Gasteiger charge is -2.20. The zero-order valence-corrected chi connectivity index (χ0v) is 14.5. The Hall–Kier alpha value is -3.01. The fourth-order valence-corrected chi connectivity index (χ4v) is 2.89. The molecule has 0 saturated carbocycles. The molecule has 2 aromatic carbocycles. The van der Waals surface area contributed by atoms with Crippen LogP contribution in [0.3, 0.4) is 0 Å². The minimum Gasteiger partial charge on any atom is -0.497 e. The SMILES string of the molecule is COc1cccc([C@@H](CC(=O)Nc2ccccc2C)n2cccc2)c1. The average Bonchev–Trinajstić information content (AvgIpc) is 3.16. The van der Waals surface area contributed by atoms with Crippen molar-refractivity contribution in [2.75, 3.05) is 12.4 Å². The summed E-state index contributed by atoms with van der Waals surface area (Å²) in [5.74, 6) is 0.768. The summed E-state index contributed by atoms with van der Waals surface area (Å²) in [6.07, 6.45) is 4.30. The molecule has 128 valence electrons. The monoisotopic (exact) mass is 334 g/mol. The highest BCUT2D eigenvalue weighted by Crippen LogP contribution is 2.26. The minimum absolute atomic E-state index is 0.0178. The van der Waals surface area contributed by atoms with Crippen molar-refractivity contribution in [3.63, 3.8) is 0 Å². The van der Waals surface area contributed by atoms with Gasteiger partial charge in [0.2, 0.25) is 5.91 Å². The first-order chi connectivity index (χ1) is 12.2. The summed E-state index contributed by atoms with van der Waals surface area (Å²) in [6, 6.07) is 19.5. The third kappa shape index (κ3) is 4.10. The Morgan fingerprint density at radius 3 is 2.56 bits per heavy atom. The molecular formula is C21H22N2O2. The van der Waals surface area contributed by atoms with E-state index in [2.05, 4.69) is 5.32 Å². The van der Waals surface area contributed by atoms with Gasteiger partial charge >= 0.3 is 0 Å². The summed E-state index contributed by atoms with van der Waals surface area (Å²) in [7, 11) is 1.65. The Morgan fingerprint density at radius 2 is 1.84 bits per heavy atom. The molecule has 0 bridgehead atoms. The number of rotatable bonds is 6. The van der Waals surface area contributed by atoms with Crippen molar-refractivity contribution < 1.29 is 9.53 Å². The number of nitrogens with one attached hydrogen (secondary N) is 1. The summed E-state index contributed by atoms with van der Waals surface area (Å²) in [4.78, 5) is 12.6. The fourth-order valence-electron chi connectivity index (χ4n) is 2.89. The molecule has 1 atom stereocenters. The number of benzene rings is 2. The molecule has 0 aliphatic carbocycles. The van der Waals surface area contributed by atoms with Gasteiger partial charge in [-0.15, -0.1) is 0 Å². The molecule has 25 heavy (non-hydrogen) atoms. The maximum atomic E-state index is 12.6. The number of carbonyl (C=O) groups is 1. The number of methoxy groups -OCH3 is 1. The van der Waals surface area contributed by atoms with Crippen LogP contribution in [-0.2, 0) is 4.79 Å². The molecule has 0 fully saturated rings. The first kappa shape index (κ1) is 16.8. The van der Waals surface area contributed by atoms with Crippen LogP contribution >= 0.6 is 0 Å². The number of anilines is 1. The van der Waals surface area contributed by atoms with Gasteiger partial charge in [0.15, 0.2) is 0 Å². The number of ether oxygens (including phenoxy) is 1.